The van der Waals surface area contributed by atoms with Crippen molar-refractivity contribution in [3.05, 3.63) is 64.2 Å². The Labute approximate surface area is 157 Å². The van der Waals surface area contributed by atoms with E-state index in [1.54, 1.807) is 23.7 Å². The molecule has 0 fully saturated rings. The zero-order valence-corrected chi connectivity index (χ0v) is 15.7. The van der Waals surface area contributed by atoms with Gasteiger partial charge in [0, 0.05) is 15.4 Å². The topological polar surface area (TPSA) is 58.0 Å². The van der Waals surface area contributed by atoms with Gasteiger partial charge in [0.15, 0.2) is 0 Å². The highest BCUT2D eigenvalue weighted by Crippen LogP contribution is 2.38. The Morgan fingerprint density at radius 2 is 1.88 bits per heavy atom. The molecule has 0 saturated heterocycles. The monoisotopic (exact) mass is 411 g/mol. The Bertz CT molecular complexity index is 1060. The summed E-state index contributed by atoms with van der Waals surface area (Å²) >= 11 is 5.05. The minimum Gasteiger partial charge on any atom is -0.506 e. The molecule has 2 aromatic heterocycles. The molecule has 0 spiro atoms. The second-order valence-electron chi connectivity index (χ2n) is 5.70. The molecular formula is C19H14BrN3OS. The van der Waals surface area contributed by atoms with E-state index >= 15 is 0 Å². The number of aromatic hydroxyl groups is 1. The fourth-order valence-electron chi connectivity index (χ4n) is 2.69. The highest BCUT2D eigenvalue weighted by atomic mass is 79.9. The van der Waals surface area contributed by atoms with Crippen LogP contribution in [0.25, 0.3) is 21.3 Å². The first kappa shape index (κ1) is 16.1. The van der Waals surface area contributed by atoms with Crippen LogP contribution in [0.15, 0.2) is 58.6 Å². The quantitative estimate of drug-likeness (QED) is 0.413. The second kappa shape index (κ2) is 6.46. The Kier molecular flexibility index (Phi) is 4.15. The molecule has 0 unspecified atom stereocenters. The number of nitrogens with one attached hydrogen (secondary N) is 1. The average molecular weight is 412 g/mol. The summed E-state index contributed by atoms with van der Waals surface area (Å²) in [5.74, 6) is 0.878. The zero-order chi connectivity index (χ0) is 17.4. The highest BCUT2D eigenvalue weighted by molar-refractivity contribution is 9.10. The largest absolute Gasteiger partial charge is 0.506 e. The van der Waals surface area contributed by atoms with Crippen LogP contribution in [0, 0.1) is 6.92 Å². The van der Waals surface area contributed by atoms with Crippen molar-refractivity contribution in [3.63, 3.8) is 0 Å². The van der Waals surface area contributed by atoms with Crippen molar-refractivity contribution >= 4 is 49.0 Å². The summed E-state index contributed by atoms with van der Waals surface area (Å²) in [6.07, 6.45) is 1.54. The van der Waals surface area contributed by atoms with Gasteiger partial charge in [0.05, 0.1) is 11.1 Å². The third-order valence-electron chi connectivity index (χ3n) is 3.93. The number of aryl methyl sites for hydroxylation is 1. The van der Waals surface area contributed by atoms with E-state index in [0.717, 1.165) is 31.4 Å². The predicted octanol–water partition coefficient (Wildman–Crippen LogP) is 5.88. The van der Waals surface area contributed by atoms with E-state index < -0.39 is 0 Å². The Morgan fingerprint density at radius 1 is 1.08 bits per heavy atom. The van der Waals surface area contributed by atoms with Crippen LogP contribution in [-0.2, 0) is 0 Å². The first-order valence-corrected chi connectivity index (χ1v) is 9.34. The summed E-state index contributed by atoms with van der Waals surface area (Å²) in [6, 6.07) is 13.6. The first-order valence-electron chi connectivity index (χ1n) is 7.66. The molecule has 2 aromatic carbocycles. The lowest BCUT2D eigenvalue weighted by Gasteiger charge is -2.10. The van der Waals surface area contributed by atoms with Crippen molar-refractivity contribution in [2.45, 2.75) is 6.92 Å². The van der Waals surface area contributed by atoms with Gasteiger partial charge in [-0.3, -0.25) is 0 Å². The van der Waals surface area contributed by atoms with Crippen LogP contribution < -0.4 is 5.32 Å². The summed E-state index contributed by atoms with van der Waals surface area (Å²) in [7, 11) is 0. The molecule has 0 bridgehead atoms. The molecule has 0 saturated carbocycles. The van der Waals surface area contributed by atoms with E-state index in [-0.39, 0.29) is 5.75 Å². The number of thiophene rings is 1. The van der Waals surface area contributed by atoms with Gasteiger partial charge in [-0.15, -0.1) is 11.3 Å². The number of phenols is 1. The number of hydrogen-bond acceptors (Lipinski definition) is 5. The molecule has 0 radical (unpaired) electrons. The summed E-state index contributed by atoms with van der Waals surface area (Å²) < 4.78 is 1.04. The number of benzene rings is 2. The lowest BCUT2D eigenvalue weighted by atomic mass is 10.1. The number of phenolic OH excluding ortho intramolecular Hbond substituents is 1. The van der Waals surface area contributed by atoms with Gasteiger partial charge in [0.2, 0.25) is 0 Å². The maximum atomic E-state index is 10.1. The number of aromatic nitrogens is 2. The Morgan fingerprint density at radius 3 is 2.68 bits per heavy atom. The maximum absolute atomic E-state index is 10.1. The zero-order valence-electron chi connectivity index (χ0n) is 13.3. The van der Waals surface area contributed by atoms with Crippen molar-refractivity contribution in [1.82, 2.24) is 9.97 Å². The molecule has 4 aromatic rings. The highest BCUT2D eigenvalue weighted by Gasteiger charge is 2.14. The van der Waals surface area contributed by atoms with Gasteiger partial charge in [0.25, 0.3) is 0 Å². The Balaban J connectivity index is 1.85. The van der Waals surface area contributed by atoms with Crippen LogP contribution in [-0.4, -0.2) is 15.1 Å². The third-order valence-corrected chi connectivity index (χ3v) is 5.35. The fraction of sp³-hybridized carbons (Fsp3) is 0.0526. The van der Waals surface area contributed by atoms with Crippen molar-refractivity contribution in [2.24, 2.45) is 0 Å². The van der Waals surface area contributed by atoms with Gasteiger partial charge >= 0.3 is 0 Å². The van der Waals surface area contributed by atoms with Crippen LogP contribution in [0.1, 0.15) is 5.56 Å². The van der Waals surface area contributed by atoms with Crippen LogP contribution in [0.2, 0.25) is 0 Å². The number of halogens is 1. The molecule has 2 heterocycles. The summed E-state index contributed by atoms with van der Waals surface area (Å²) in [6.45, 7) is 1.98. The van der Waals surface area contributed by atoms with Gasteiger partial charge in [-0.05, 0) is 42.3 Å². The van der Waals surface area contributed by atoms with E-state index in [1.807, 2.05) is 31.2 Å². The molecule has 0 amide bonds. The molecular weight excluding hydrogens is 398 g/mol. The Hall–Kier alpha value is -2.44. The van der Waals surface area contributed by atoms with E-state index in [0.29, 0.717) is 11.5 Å². The number of fused-ring (bicyclic) bond motifs is 1. The molecule has 6 heteroatoms. The molecule has 0 atom stereocenters. The van der Waals surface area contributed by atoms with Crippen LogP contribution in [0.3, 0.4) is 0 Å². The first-order chi connectivity index (χ1) is 12.1. The number of rotatable bonds is 3. The van der Waals surface area contributed by atoms with E-state index in [1.165, 1.54) is 0 Å². The van der Waals surface area contributed by atoms with E-state index in [4.69, 9.17) is 0 Å². The minimum atomic E-state index is 0.192. The van der Waals surface area contributed by atoms with E-state index in [2.05, 4.69) is 48.7 Å². The molecule has 0 aliphatic rings. The number of nitrogens with zero attached hydrogens (tertiary/aromatic N) is 2. The number of anilines is 2. The van der Waals surface area contributed by atoms with Crippen molar-refractivity contribution in [3.8, 4) is 16.9 Å². The van der Waals surface area contributed by atoms with Gasteiger partial charge < -0.3 is 10.4 Å². The van der Waals surface area contributed by atoms with Crippen LogP contribution >= 0.6 is 27.3 Å². The molecule has 25 heavy (non-hydrogen) atoms. The smallest absolute Gasteiger partial charge is 0.143 e. The van der Waals surface area contributed by atoms with Crippen LogP contribution in [0.4, 0.5) is 11.5 Å². The molecule has 124 valence electrons. The lowest BCUT2D eigenvalue weighted by Crippen LogP contribution is -1.96. The SMILES string of the molecule is Cc1ccc(O)c(Nc2ncnc3scc(-c4ccc(Br)cc4)c23)c1. The molecule has 0 aliphatic carbocycles. The van der Waals surface area contributed by atoms with Gasteiger partial charge in [0.1, 0.15) is 22.7 Å². The van der Waals surface area contributed by atoms with E-state index in [9.17, 15) is 5.11 Å². The standard InChI is InChI=1S/C19H14BrN3OS/c1-11-2-7-16(24)15(8-11)23-18-17-14(9-25-19(17)22-10-21-18)12-3-5-13(20)6-4-12/h2-10,24H,1H3,(H,21,22,23). The molecule has 4 nitrogen and oxygen atoms in total. The molecule has 4 rings (SSSR count). The fourth-order valence-corrected chi connectivity index (χ4v) is 3.87. The van der Waals surface area contributed by atoms with Gasteiger partial charge in [-0.2, -0.15) is 0 Å². The average Bonchev–Trinajstić information content (AvgIpc) is 3.04. The normalized spacial score (nSPS) is 11.0. The third kappa shape index (κ3) is 3.10. The van der Waals surface area contributed by atoms with Crippen molar-refractivity contribution in [1.29, 1.82) is 0 Å². The minimum absolute atomic E-state index is 0.192. The van der Waals surface area contributed by atoms with Crippen molar-refractivity contribution < 1.29 is 5.11 Å². The number of hydrogen-bond donors (Lipinski definition) is 2. The predicted molar refractivity (Wildman–Crippen MR) is 107 cm³/mol. The van der Waals surface area contributed by atoms with Gasteiger partial charge in [-0.1, -0.05) is 34.1 Å². The molecule has 0 aliphatic heterocycles. The summed E-state index contributed by atoms with van der Waals surface area (Å²) in [5.41, 5.74) is 3.86. The lowest BCUT2D eigenvalue weighted by molar-refractivity contribution is 0.477. The van der Waals surface area contributed by atoms with Gasteiger partial charge in [-0.25, -0.2) is 9.97 Å². The summed E-state index contributed by atoms with van der Waals surface area (Å²) in [5, 5.41) is 16.4. The van der Waals surface area contributed by atoms with Crippen molar-refractivity contribution in [2.75, 3.05) is 5.32 Å². The maximum Gasteiger partial charge on any atom is 0.143 e. The summed E-state index contributed by atoms with van der Waals surface area (Å²) in [4.78, 5) is 9.70. The second-order valence-corrected chi connectivity index (χ2v) is 7.48. The van der Waals surface area contributed by atoms with Crippen LogP contribution in [0.5, 0.6) is 5.75 Å². The molecule has 2 N–H and O–H groups in total.